The summed E-state index contributed by atoms with van der Waals surface area (Å²) in [6, 6.07) is 6.88. The molecule has 0 saturated carbocycles. The van der Waals surface area contributed by atoms with Crippen molar-refractivity contribution in [2.45, 2.75) is 29.7 Å². The van der Waals surface area contributed by atoms with Crippen LogP contribution in [0, 0.1) is 6.92 Å². The molecule has 1 aromatic rings. The minimum atomic E-state index is -1.23. The zero-order valence-corrected chi connectivity index (χ0v) is 13.0. The molecule has 0 unspecified atom stereocenters. The summed E-state index contributed by atoms with van der Waals surface area (Å²) >= 11 is -1.23. The van der Waals surface area contributed by atoms with E-state index in [2.05, 4.69) is 34.4 Å². The zero-order valence-electron chi connectivity index (χ0n) is 9.50. The van der Waals surface area contributed by atoms with Crippen molar-refractivity contribution in [1.29, 1.82) is 0 Å². The van der Waals surface area contributed by atoms with Gasteiger partial charge in [0.2, 0.25) is 0 Å². The Hall–Kier alpha value is 0.0631. The molecule has 0 heterocycles. The molecule has 1 nitrogen and oxygen atoms in total. The fourth-order valence-electron chi connectivity index (χ4n) is 1.33. The van der Waals surface area contributed by atoms with Gasteiger partial charge < -0.3 is 0 Å². The second-order valence-corrected chi connectivity index (χ2v) is 12.6. The van der Waals surface area contributed by atoms with Gasteiger partial charge in [0.1, 0.15) is 0 Å². The molecule has 0 aromatic heterocycles. The summed E-state index contributed by atoms with van der Waals surface area (Å²) in [6.45, 7) is 5.78. The Bertz CT molecular complexity index is 294. The van der Waals surface area contributed by atoms with E-state index in [9.17, 15) is 0 Å². The predicted octanol–water partition coefficient (Wildman–Crippen LogP) is 2.49. The molecule has 0 aliphatic heterocycles. The number of benzene rings is 1. The Morgan fingerprint density at radius 3 is 2.50 bits per heavy atom. The molecule has 0 amide bonds. The quantitative estimate of drug-likeness (QED) is 0.721. The number of hydrogen-bond acceptors (Lipinski definition) is 1. The third-order valence-electron chi connectivity index (χ3n) is 2.30. The Kier molecular flexibility index (Phi) is 5.05. The van der Waals surface area contributed by atoms with Crippen molar-refractivity contribution in [2.24, 2.45) is 0 Å². The molecule has 2 heteroatoms. The molecule has 0 spiro atoms. The number of rotatable bonds is 4. The van der Waals surface area contributed by atoms with Crippen LogP contribution in [0.15, 0.2) is 18.2 Å². The molecule has 14 heavy (non-hydrogen) atoms. The van der Waals surface area contributed by atoms with Gasteiger partial charge >= 0.3 is 95.4 Å². The molecule has 1 rings (SSSR count). The van der Waals surface area contributed by atoms with Crippen LogP contribution in [-0.4, -0.2) is 28.4 Å². The van der Waals surface area contributed by atoms with Gasteiger partial charge in [0.15, 0.2) is 0 Å². The monoisotopic (exact) mass is 388 g/mol. The van der Waals surface area contributed by atoms with E-state index in [1.807, 2.05) is 6.92 Å². The summed E-state index contributed by atoms with van der Waals surface area (Å²) in [6.07, 6.45) is 0. The Morgan fingerprint density at radius 1 is 1.29 bits per heavy atom. The van der Waals surface area contributed by atoms with Crippen LogP contribution in [0.25, 0.3) is 0 Å². The molecule has 0 N–H and O–H groups in total. The molecule has 0 bridgehead atoms. The van der Waals surface area contributed by atoms with Crippen molar-refractivity contribution >= 4 is 25.0 Å². The maximum atomic E-state index is 5.42. The molecule has 1 aromatic carbocycles. The third-order valence-corrected chi connectivity index (χ3v) is 7.40. The first-order valence-corrected chi connectivity index (χ1v) is 13.7. The summed E-state index contributed by atoms with van der Waals surface area (Å²) in [7, 11) is 0. The van der Waals surface area contributed by atoms with E-state index in [0.717, 1.165) is 13.2 Å². The third kappa shape index (κ3) is 3.33. The Balaban J connectivity index is 2.79. The van der Waals surface area contributed by atoms with Crippen molar-refractivity contribution in [3.05, 3.63) is 29.3 Å². The van der Waals surface area contributed by atoms with Gasteiger partial charge in [0.25, 0.3) is 0 Å². The van der Waals surface area contributed by atoms with Gasteiger partial charge in [-0.25, -0.2) is 0 Å². The molecule has 78 valence electrons. The normalized spacial score (nSPS) is 10.9. The molecule has 0 saturated heterocycles. The van der Waals surface area contributed by atoms with Gasteiger partial charge in [-0.05, 0) is 0 Å². The fraction of sp³-hybridized carbons (Fsp3) is 0.500. The zero-order chi connectivity index (χ0) is 10.6. The standard InChI is InChI=1S/C10H13O.2CH3.Bi/c1-3-11-8-10-7-5-4-6-9(10)2;;;/h5-7H,3,8H2,1-2H3;2*1H3;. The molecule has 0 fully saturated rings. The van der Waals surface area contributed by atoms with Crippen LogP contribution in [0.3, 0.4) is 0 Å². The van der Waals surface area contributed by atoms with E-state index in [-0.39, 0.29) is 0 Å². The second kappa shape index (κ2) is 5.83. The average molecular weight is 388 g/mol. The molecule has 0 aliphatic carbocycles. The molecular formula is C12H19BiO. The minimum absolute atomic E-state index is 0.759. The van der Waals surface area contributed by atoms with E-state index in [4.69, 9.17) is 4.74 Å². The Labute approximate surface area is 95.2 Å². The van der Waals surface area contributed by atoms with Crippen LogP contribution < -0.4 is 3.27 Å². The summed E-state index contributed by atoms with van der Waals surface area (Å²) < 4.78 is 11.9. The molecular weight excluding hydrogens is 369 g/mol. The van der Waals surface area contributed by atoms with Crippen LogP contribution in [-0.2, 0) is 11.3 Å². The predicted molar refractivity (Wildman–Crippen MR) is 63.6 cm³/mol. The topological polar surface area (TPSA) is 9.23 Å². The first kappa shape index (κ1) is 12.1. The first-order chi connectivity index (χ1) is 6.65. The van der Waals surface area contributed by atoms with E-state index >= 15 is 0 Å². The number of hydrogen-bond donors (Lipinski definition) is 0. The van der Waals surface area contributed by atoms with Gasteiger partial charge in [-0.3, -0.25) is 0 Å². The Morgan fingerprint density at radius 2 is 2.00 bits per heavy atom. The van der Waals surface area contributed by atoms with Crippen LogP contribution in [0.2, 0.25) is 9.26 Å². The van der Waals surface area contributed by atoms with E-state index in [0.29, 0.717) is 0 Å². The van der Waals surface area contributed by atoms with Crippen LogP contribution in [0.4, 0.5) is 0 Å². The summed E-state index contributed by atoms with van der Waals surface area (Å²) in [5, 5.41) is 0. The van der Waals surface area contributed by atoms with Crippen LogP contribution >= 0.6 is 0 Å². The SMILES string of the molecule is CCOCc1cc[c]([Bi]([CH3])[CH3])cc1C. The molecule has 0 radical (unpaired) electrons. The maximum absolute atomic E-state index is 5.42. The summed E-state index contributed by atoms with van der Waals surface area (Å²) in [4.78, 5) is 0. The molecule has 0 atom stereocenters. The van der Waals surface area contributed by atoms with Crippen molar-refractivity contribution in [3.8, 4) is 0 Å². The number of aryl methyl sites for hydroxylation is 1. The summed E-state index contributed by atoms with van der Waals surface area (Å²) in [5.74, 6) is 0. The van der Waals surface area contributed by atoms with Crippen molar-refractivity contribution in [3.63, 3.8) is 0 Å². The van der Waals surface area contributed by atoms with Crippen molar-refractivity contribution < 1.29 is 4.74 Å². The average Bonchev–Trinajstić information content (AvgIpc) is 2.15. The molecule has 0 aliphatic rings. The van der Waals surface area contributed by atoms with Crippen molar-refractivity contribution in [1.82, 2.24) is 0 Å². The van der Waals surface area contributed by atoms with Gasteiger partial charge in [0.05, 0.1) is 0 Å². The number of ether oxygens (including phenoxy) is 1. The van der Waals surface area contributed by atoms with Crippen molar-refractivity contribution in [2.75, 3.05) is 6.61 Å². The van der Waals surface area contributed by atoms with E-state index in [1.165, 1.54) is 11.1 Å². The first-order valence-electron chi connectivity index (χ1n) is 4.99. The van der Waals surface area contributed by atoms with E-state index < -0.39 is 21.8 Å². The van der Waals surface area contributed by atoms with Gasteiger partial charge in [0, 0.05) is 0 Å². The fourth-order valence-corrected chi connectivity index (χ4v) is 4.54. The van der Waals surface area contributed by atoms with Gasteiger partial charge in [-0.1, -0.05) is 0 Å². The summed E-state index contributed by atoms with van der Waals surface area (Å²) in [5.41, 5.74) is 2.72. The van der Waals surface area contributed by atoms with Gasteiger partial charge in [-0.2, -0.15) is 0 Å². The van der Waals surface area contributed by atoms with E-state index in [1.54, 1.807) is 3.27 Å². The van der Waals surface area contributed by atoms with Crippen LogP contribution in [0.1, 0.15) is 18.1 Å². The van der Waals surface area contributed by atoms with Gasteiger partial charge in [-0.15, -0.1) is 0 Å². The second-order valence-electron chi connectivity index (χ2n) is 3.64. The van der Waals surface area contributed by atoms with Crippen LogP contribution in [0.5, 0.6) is 0 Å².